The van der Waals surface area contributed by atoms with E-state index in [0.29, 0.717) is 45.4 Å². The Hall–Kier alpha value is -3.01. The van der Waals surface area contributed by atoms with E-state index < -0.39 is 35.9 Å². The molecule has 1 saturated carbocycles. The third-order valence-corrected chi connectivity index (χ3v) is 7.77. The first-order chi connectivity index (χ1) is 19.4. The summed E-state index contributed by atoms with van der Waals surface area (Å²) in [5.74, 6) is 4.62. The number of carbonyl (C=O) groups excluding carboxylic acids is 3. The fourth-order valence-electron chi connectivity index (χ4n) is 5.97. The summed E-state index contributed by atoms with van der Waals surface area (Å²) in [7, 11) is 0. The highest BCUT2D eigenvalue weighted by Gasteiger charge is 2.76. The highest BCUT2D eigenvalue weighted by molar-refractivity contribution is 5.90. The van der Waals surface area contributed by atoms with Crippen LogP contribution in [0.15, 0.2) is 24.3 Å². The minimum absolute atomic E-state index is 0.184. The number of hydroxylamine groups is 2. The van der Waals surface area contributed by atoms with Gasteiger partial charge in [0.1, 0.15) is 18.2 Å². The number of hydrogen-bond donors (Lipinski definition) is 2. The molecule has 4 fully saturated rings. The molecule has 0 spiro atoms. The van der Waals surface area contributed by atoms with E-state index in [-0.39, 0.29) is 30.6 Å². The van der Waals surface area contributed by atoms with E-state index in [4.69, 9.17) is 29.5 Å². The third kappa shape index (κ3) is 5.87. The topological polar surface area (TPSA) is 142 Å². The Labute approximate surface area is 233 Å². The second-order valence-corrected chi connectivity index (χ2v) is 10.5. The first kappa shape index (κ1) is 28.5. The molecule has 2 amide bonds. The zero-order chi connectivity index (χ0) is 28.3. The minimum Gasteiger partial charge on any atom is -0.458 e. The smallest absolute Gasteiger partial charge is 0.326 e. The average molecular weight is 556 g/mol. The summed E-state index contributed by atoms with van der Waals surface area (Å²) >= 11 is 0. The predicted octanol–water partition coefficient (Wildman–Crippen LogP) is 1.17. The number of fused-ring (bicyclic) bond motifs is 2. The molecular weight excluding hydrogens is 518 g/mol. The Morgan fingerprint density at radius 3 is 2.75 bits per heavy atom. The van der Waals surface area contributed by atoms with Crippen LogP contribution < -0.4 is 11.1 Å². The van der Waals surface area contributed by atoms with E-state index in [1.807, 2.05) is 38.1 Å². The molecule has 0 radical (unpaired) electrons. The van der Waals surface area contributed by atoms with Crippen molar-refractivity contribution in [2.45, 2.75) is 88.7 Å². The Bertz CT molecular complexity index is 1180. The maximum absolute atomic E-state index is 13.6. The zero-order valence-electron chi connectivity index (χ0n) is 22.9. The molecule has 3 aliphatic heterocycles. The van der Waals surface area contributed by atoms with Crippen molar-refractivity contribution in [2.75, 3.05) is 19.8 Å². The van der Waals surface area contributed by atoms with E-state index in [9.17, 15) is 14.4 Å². The van der Waals surface area contributed by atoms with Gasteiger partial charge in [-0.15, -0.1) is 0 Å². The van der Waals surface area contributed by atoms with E-state index in [2.05, 4.69) is 17.2 Å². The maximum atomic E-state index is 13.6. The van der Waals surface area contributed by atoms with Crippen molar-refractivity contribution in [3.05, 3.63) is 35.4 Å². The van der Waals surface area contributed by atoms with Gasteiger partial charge in [-0.3, -0.25) is 19.2 Å². The van der Waals surface area contributed by atoms with Gasteiger partial charge in [-0.2, -0.15) is 5.06 Å². The molecule has 11 nitrogen and oxygen atoms in total. The highest BCUT2D eigenvalue weighted by atomic mass is 16.7. The van der Waals surface area contributed by atoms with Crippen LogP contribution in [0, 0.1) is 17.8 Å². The van der Waals surface area contributed by atoms with Gasteiger partial charge in [0.05, 0.1) is 18.6 Å². The predicted molar refractivity (Wildman–Crippen MR) is 141 cm³/mol. The van der Waals surface area contributed by atoms with Crippen LogP contribution in [-0.2, 0) is 44.7 Å². The quantitative estimate of drug-likeness (QED) is 0.121. The SMILES string of the molecule is CCOC(C#Cc1cccc(CN2O[C@@]3(C(=O)NCCCCCC(N)=O)C[C@@H]4O[C@@H]4[C@H]4OC(=O)[C@@H]2[C@H]43)c1)OCC. The Balaban J connectivity index is 1.29. The van der Waals surface area contributed by atoms with Crippen molar-refractivity contribution < 1.29 is 38.2 Å². The molecule has 216 valence electrons. The monoisotopic (exact) mass is 555 g/mol. The number of nitrogens with one attached hydrogen (secondary N) is 1. The van der Waals surface area contributed by atoms with E-state index in [1.54, 1.807) is 5.06 Å². The molecule has 1 aliphatic carbocycles. The summed E-state index contributed by atoms with van der Waals surface area (Å²) in [5, 5.41) is 4.59. The number of epoxide rings is 1. The minimum atomic E-state index is -1.26. The summed E-state index contributed by atoms with van der Waals surface area (Å²) in [5.41, 5.74) is 5.58. The average Bonchev–Trinajstić information content (AvgIpc) is 3.50. The number of carbonyl (C=O) groups is 3. The molecule has 0 aromatic heterocycles. The van der Waals surface area contributed by atoms with Gasteiger partial charge in [0.2, 0.25) is 12.2 Å². The molecule has 3 N–H and O–H groups in total. The van der Waals surface area contributed by atoms with Gasteiger partial charge in [-0.25, -0.2) is 0 Å². The number of primary amides is 1. The lowest BCUT2D eigenvalue weighted by Crippen LogP contribution is -2.58. The molecule has 11 heteroatoms. The van der Waals surface area contributed by atoms with E-state index in [0.717, 1.165) is 17.5 Å². The first-order valence-electron chi connectivity index (χ1n) is 14.1. The molecule has 1 aromatic rings. The standard InChI is InChI=1S/C29H37N3O8/c1-3-36-22(37-4-2)13-12-18-9-8-10-19(15-18)17-32-24-23-26(39-27(24)34)25-20(38-25)16-29(23,40-32)28(35)31-14-7-5-6-11-21(30)33/h8-10,15,20,22-26H,3-7,11,14,16-17H2,1-2H3,(H2,30,33)(H,31,35)/t20-,23+,24-,25-,26-,29-/m0/s1. The largest absolute Gasteiger partial charge is 0.458 e. The van der Waals surface area contributed by atoms with Crippen LogP contribution in [0.2, 0.25) is 0 Å². The summed E-state index contributed by atoms with van der Waals surface area (Å²) < 4.78 is 22.5. The second kappa shape index (κ2) is 12.2. The van der Waals surface area contributed by atoms with Crippen molar-refractivity contribution in [3.63, 3.8) is 0 Å². The Morgan fingerprint density at radius 1 is 1.20 bits per heavy atom. The summed E-state index contributed by atoms with van der Waals surface area (Å²) in [6.07, 6.45) is 1.33. The number of rotatable bonds is 13. The van der Waals surface area contributed by atoms with Gasteiger partial charge >= 0.3 is 5.97 Å². The van der Waals surface area contributed by atoms with Gasteiger partial charge in [0.15, 0.2) is 5.60 Å². The van der Waals surface area contributed by atoms with Crippen LogP contribution in [-0.4, -0.2) is 78.9 Å². The third-order valence-electron chi connectivity index (χ3n) is 7.77. The van der Waals surface area contributed by atoms with Gasteiger partial charge in [-0.05, 0) is 50.3 Å². The number of ether oxygens (including phenoxy) is 4. The molecule has 0 bridgehead atoms. The van der Waals surface area contributed by atoms with Crippen molar-refractivity contribution in [2.24, 2.45) is 11.7 Å². The van der Waals surface area contributed by atoms with Gasteiger partial charge in [0.25, 0.3) is 5.91 Å². The molecule has 5 rings (SSSR count). The summed E-state index contributed by atoms with van der Waals surface area (Å²) in [6.45, 7) is 5.45. The zero-order valence-corrected chi connectivity index (χ0v) is 22.9. The van der Waals surface area contributed by atoms with Gasteiger partial charge in [0, 0.05) is 38.2 Å². The second-order valence-electron chi connectivity index (χ2n) is 10.5. The number of unbranched alkanes of at least 4 members (excludes halogenated alkanes) is 2. The molecular formula is C29H37N3O8. The normalized spacial score (nSPS) is 29.8. The highest BCUT2D eigenvalue weighted by Crippen LogP contribution is 2.57. The Kier molecular flexibility index (Phi) is 8.73. The first-order valence-corrected chi connectivity index (χ1v) is 14.1. The van der Waals surface area contributed by atoms with Crippen LogP contribution in [0.3, 0.4) is 0 Å². The Morgan fingerprint density at radius 2 is 2.00 bits per heavy atom. The molecule has 0 unspecified atom stereocenters. The fourth-order valence-corrected chi connectivity index (χ4v) is 5.97. The number of benzene rings is 1. The lowest BCUT2D eigenvalue weighted by molar-refractivity contribution is -0.229. The lowest BCUT2D eigenvalue weighted by atomic mass is 9.71. The number of hydrogen-bond acceptors (Lipinski definition) is 9. The van der Waals surface area contributed by atoms with Gasteiger partial charge in [-0.1, -0.05) is 24.5 Å². The fraction of sp³-hybridized carbons (Fsp3) is 0.621. The van der Waals surface area contributed by atoms with Crippen LogP contribution >= 0.6 is 0 Å². The maximum Gasteiger partial charge on any atom is 0.326 e. The molecule has 40 heavy (non-hydrogen) atoms. The number of nitrogens with zero attached hydrogens (tertiary/aromatic N) is 1. The van der Waals surface area contributed by atoms with Crippen molar-refractivity contribution >= 4 is 17.8 Å². The van der Waals surface area contributed by atoms with Crippen molar-refractivity contribution in [1.29, 1.82) is 0 Å². The van der Waals surface area contributed by atoms with Crippen molar-refractivity contribution in [1.82, 2.24) is 10.4 Å². The number of nitrogens with two attached hydrogens (primary N) is 1. The molecule has 1 aromatic carbocycles. The lowest BCUT2D eigenvalue weighted by Gasteiger charge is -2.35. The summed E-state index contributed by atoms with van der Waals surface area (Å²) in [6, 6.07) is 6.91. The van der Waals surface area contributed by atoms with Gasteiger partial charge < -0.3 is 30.0 Å². The summed E-state index contributed by atoms with van der Waals surface area (Å²) in [4.78, 5) is 44.1. The molecule has 3 saturated heterocycles. The van der Waals surface area contributed by atoms with Crippen LogP contribution in [0.1, 0.15) is 57.1 Å². The molecule has 4 aliphatic rings. The number of esters is 1. The molecule has 6 atom stereocenters. The van der Waals surface area contributed by atoms with E-state index >= 15 is 0 Å². The van der Waals surface area contributed by atoms with Crippen molar-refractivity contribution in [3.8, 4) is 11.8 Å². The van der Waals surface area contributed by atoms with Crippen LogP contribution in [0.25, 0.3) is 0 Å². The number of amides is 2. The molecule has 3 heterocycles. The van der Waals surface area contributed by atoms with Crippen LogP contribution in [0.5, 0.6) is 0 Å². The van der Waals surface area contributed by atoms with Crippen LogP contribution in [0.4, 0.5) is 0 Å². The van der Waals surface area contributed by atoms with E-state index in [1.165, 1.54) is 0 Å².